The summed E-state index contributed by atoms with van der Waals surface area (Å²) in [4.78, 5) is 12.0. The molecule has 0 saturated heterocycles. The van der Waals surface area contributed by atoms with Crippen molar-refractivity contribution in [3.63, 3.8) is 0 Å². The Hall–Kier alpha value is -1.62. The summed E-state index contributed by atoms with van der Waals surface area (Å²) in [5.74, 6) is 0.0267. The number of carbonyl (C=O) groups excluding carboxylic acids is 1. The second-order valence-corrected chi connectivity index (χ2v) is 6.35. The number of amides is 1. The fourth-order valence-electron chi connectivity index (χ4n) is 1.93. The van der Waals surface area contributed by atoms with E-state index in [-0.39, 0.29) is 35.6 Å². The van der Waals surface area contributed by atoms with Crippen LogP contribution in [-0.2, 0) is 4.79 Å². The molecule has 1 aromatic rings. The first-order valence-corrected chi connectivity index (χ1v) is 7.03. The number of halogens is 1. The van der Waals surface area contributed by atoms with Crippen molar-refractivity contribution in [2.45, 2.75) is 46.2 Å². The number of ether oxygens (including phenoxy) is 1. The van der Waals surface area contributed by atoms with Crippen molar-refractivity contribution in [1.82, 2.24) is 5.32 Å². The highest BCUT2D eigenvalue weighted by Crippen LogP contribution is 2.26. The standard InChI is InChI=1S/C16H25FN2O2/c1-10(12-8-11(17)6-7-13(12)21-5)19-15(20)9-14(18)16(2,3)4/h6-8,10,14H,9,18H2,1-5H3,(H,19,20). The molecule has 0 aliphatic rings. The summed E-state index contributed by atoms with van der Waals surface area (Å²) in [6.45, 7) is 7.76. The first-order valence-electron chi connectivity index (χ1n) is 7.03. The lowest BCUT2D eigenvalue weighted by Crippen LogP contribution is -2.40. The van der Waals surface area contributed by atoms with Gasteiger partial charge in [-0.3, -0.25) is 4.79 Å². The topological polar surface area (TPSA) is 64.3 Å². The number of nitrogens with two attached hydrogens (primary N) is 1. The molecule has 0 spiro atoms. The van der Waals surface area contributed by atoms with E-state index in [1.54, 1.807) is 13.0 Å². The van der Waals surface area contributed by atoms with E-state index in [4.69, 9.17) is 10.5 Å². The summed E-state index contributed by atoms with van der Waals surface area (Å²) >= 11 is 0. The minimum atomic E-state index is -0.363. The number of nitrogens with one attached hydrogen (secondary N) is 1. The zero-order valence-corrected chi connectivity index (χ0v) is 13.4. The van der Waals surface area contributed by atoms with Gasteiger partial charge in [0.25, 0.3) is 0 Å². The summed E-state index contributed by atoms with van der Waals surface area (Å²) < 4.78 is 18.6. The monoisotopic (exact) mass is 296 g/mol. The first kappa shape index (κ1) is 17.4. The van der Waals surface area contributed by atoms with E-state index in [0.717, 1.165) is 0 Å². The van der Waals surface area contributed by atoms with Gasteiger partial charge < -0.3 is 15.8 Å². The van der Waals surface area contributed by atoms with E-state index in [9.17, 15) is 9.18 Å². The van der Waals surface area contributed by atoms with Crippen molar-refractivity contribution in [3.05, 3.63) is 29.6 Å². The van der Waals surface area contributed by atoms with Crippen LogP contribution in [0.2, 0.25) is 0 Å². The molecule has 0 fully saturated rings. The maximum atomic E-state index is 13.4. The summed E-state index contributed by atoms with van der Waals surface area (Å²) in [6.07, 6.45) is 0.228. The summed E-state index contributed by atoms with van der Waals surface area (Å²) in [5, 5.41) is 2.84. The maximum Gasteiger partial charge on any atom is 0.222 e. The molecule has 0 aliphatic carbocycles. The quantitative estimate of drug-likeness (QED) is 0.878. The van der Waals surface area contributed by atoms with E-state index in [1.165, 1.54) is 19.2 Å². The molecule has 0 radical (unpaired) electrons. The van der Waals surface area contributed by atoms with E-state index in [1.807, 2.05) is 20.8 Å². The third kappa shape index (κ3) is 5.01. The van der Waals surface area contributed by atoms with Gasteiger partial charge in [-0.05, 0) is 30.5 Å². The lowest BCUT2D eigenvalue weighted by Gasteiger charge is -2.27. The van der Waals surface area contributed by atoms with Crippen LogP contribution in [0.3, 0.4) is 0 Å². The Morgan fingerprint density at radius 2 is 2.05 bits per heavy atom. The highest BCUT2D eigenvalue weighted by molar-refractivity contribution is 5.77. The first-order chi connectivity index (χ1) is 9.65. The fraction of sp³-hybridized carbons (Fsp3) is 0.562. The van der Waals surface area contributed by atoms with Gasteiger partial charge in [0.05, 0.1) is 13.2 Å². The van der Waals surface area contributed by atoms with Gasteiger partial charge in [0.1, 0.15) is 11.6 Å². The molecule has 21 heavy (non-hydrogen) atoms. The van der Waals surface area contributed by atoms with Gasteiger partial charge in [-0.2, -0.15) is 0 Å². The zero-order valence-electron chi connectivity index (χ0n) is 13.4. The molecule has 0 saturated carbocycles. The Morgan fingerprint density at radius 1 is 1.43 bits per heavy atom. The number of benzene rings is 1. The van der Waals surface area contributed by atoms with Crippen LogP contribution in [0.15, 0.2) is 18.2 Å². The number of rotatable bonds is 5. The molecule has 1 rings (SSSR count). The van der Waals surface area contributed by atoms with Crippen LogP contribution in [0.5, 0.6) is 5.75 Å². The largest absolute Gasteiger partial charge is 0.496 e. The normalized spacial score (nSPS) is 14.4. The molecule has 2 unspecified atom stereocenters. The fourth-order valence-corrected chi connectivity index (χ4v) is 1.93. The molecule has 5 heteroatoms. The average Bonchev–Trinajstić information content (AvgIpc) is 2.37. The Balaban J connectivity index is 2.75. The minimum absolute atomic E-state index is 0.142. The number of carbonyl (C=O) groups is 1. The Kier molecular flexibility index (Phi) is 5.72. The lowest BCUT2D eigenvalue weighted by molar-refractivity contribution is -0.122. The van der Waals surface area contributed by atoms with Crippen LogP contribution < -0.4 is 15.8 Å². The predicted octanol–water partition coefficient (Wildman–Crippen LogP) is 2.78. The SMILES string of the molecule is COc1ccc(F)cc1C(C)NC(=O)CC(N)C(C)(C)C. The third-order valence-electron chi connectivity index (χ3n) is 3.55. The van der Waals surface area contributed by atoms with E-state index >= 15 is 0 Å². The Labute approximate surface area is 125 Å². The third-order valence-corrected chi connectivity index (χ3v) is 3.55. The molecular weight excluding hydrogens is 271 g/mol. The predicted molar refractivity (Wildman–Crippen MR) is 81.6 cm³/mol. The lowest BCUT2D eigenvalue weighted by atomic mass is 9.85. The minimum Gasteiger partial charge on any atom is -0.496 e. The number of methoxy groups -OCH3 is 1. The van der Waals surface area contributed by atoms with Crippen LogP contribution in [-0.4, -0.2) is 19.1 Å². The zero-order chi connectivity index (χ0) is 16.2. The van der Waals surface area contributed by atoms with Crippen molar-refractivity contribution >= 4 is 5.91 Å². The van der Waals surface area contributed by atoms with Crippen molar-refractivity contribution in [2.24, 2.45) is 11.1 Å². The Bertz CT molecular complexity index is 498. The van der Waals surface area contributed by atoms with Crippen LogP contribution in [0.25, 0.3) is 0 Å². The molecule has 0 heterocycles. The molecule has 4 nitrogen and oxygen atoms in total. The van der Waals surface area contributed by atoms with Crippen molar-refractivity contribution in [1.29, 1.82) is 0 Å². The molecule has 118 valence electrons. The van der Waals surface area contributed by atoms with Crippen molar-refractivity contribution in [3.8, 4) is 5.75 Å². The molecule has 0 bridgehead atoms. The van der Waals surface area contributed by atoms with Gasteiger partial charge in [0.15, 0.2) is 0 Å². The Morgan fingerprint density at radius 3 is 2.57 bits per heavy atom. The second kappa shape index (κ2) is 6.89. The molecule has 1 aromatic carbocycles. The van der Waals surface area contributed by atoms with Crippen molar-refractivity contribution in [2.75, 3.05) is 7.11 Å². The van der Waals surface area contributed by atoms with Gasteiger partial charge in [-0.25, -0.2) is 4.39 Å². The average molecular weight is 296 g/mol. The molecule has 0 aliphatic heterocycles. The van der Waals surface area contributed by atoms with Crippen molar-refractivity contribution < 1.29 is 13.9 Å². The van der Waals surface area contributed by atoms with Crippen LogP contribution >= 0.6 is 0 Å². The number of hydrogen-bond donors (Lipinski definition) is 2. The molecule has 0 aromatic heterocycles. The van der Waals surface area contributed by atoms with Gasteiger partial charge in [0, 0.05) is 18.0 Å². The molecular formula is C16H25FN2O2. The molecule has 2 atom stereocenters. The highest BCUT2D eigenvalue weighted by atomic mass is 19.1. The summed E-state index contributed by atoms with van der Waals surface area (Å²) in [6, 6.07) is 3.66. The number of hydrogen-bond acceptors (Lipinski definition) is 3. The van der Waals surface area contributed by atoms with Gasteiger partial charge >= 0.3 is 0 Å². The summed E-state index contributed by atoms with van der Waals surface area (Å²) in [5.41, 5.74) is 6.47. The summed E-state index contributed by atoms with van der Waals surface area (Å²) in [7, 11) is 1.51. The van der Waals surface area contributed by atoms with Gasteiger partial charge in [0.2, 0.25) is 5.91 Å². The maximum absolute atomic E-state index is 13.4. The van der Waals surface area contributed by atoms with E-state index in [0.29, 0.717) is 11.3 Å². The molecule has 1 amide bonds. The highest BCUT2D eigenvalue weighted by Gasteiger charge is 2.24. The van der Waals surface area contributed by atoms with E-state index < -0.39 is 0 Å². The van der Waals surface area contributed by atoms with Gasteiger partial charge in [-0.1, -0.05) is 20.8 Å². The smallest absolute Gasteiger partial charge is 0.222 e. The second-order valence-electron chi connectivity index (χ2n) is 6.35. The van der Waals surface area contributed by atoms with Crippen LogP contribution in [0.4, 0.5) is 4.39 Å². The van der Waals surface area contributed by atoms with Gasteiger partial charge in [-0.15, -0.1) is 0 Å². The van der Waals surface area contributed by atoms with E-state index in [2.05, 4.69) is 5.32 Å². The van der Waals surface area contributed by atoms with Crippen LogP contribution in [0, 0.1) is 11.2 Å². The van der Waals surface area contributed by atoms with Crippen LogP contribution in [0.1, 0.15) is 45.7 Å². The molecule has 3 N–H and O–H groups in total.